The van der Waals surface area contributed by atoms with E-state index in [0.717, 1.165) is 17.0 Å². The average Bonchev–Trinajstić information content (AvgIpc) is 3.30. The summed E-state index contributed by atoms with van der Waals surface area (Å²) in [5, 5.41) is 16.0. The molecule has 0 fully saturated rings. The minimum atomic E-state index is -0.470. The van der Waals surface area contributed by atoms with E-state index < -0.39 is 5.25 Å². The first-order valence-electron chi connectivity index (χ1n) is 9.94. The molecule has 164 valence electrons. The van der Waals surface area contributed by atoms with Crippen molar-refractivity contribution in [2.24, 2.45) is 7.05 Å². The Morgan fingerprint density at radius 1 is 1.09 bits per heavy atom. The number of carbonyl (C=O) groups excluding carboxylic acids is 1. The van der Waals surface area contributed by atoms with Crippen LogP contribution in [0.25, 0.3) is 17.1 Å². The highest BCUT2D eigenvalue weighted by atomic mass is 32.2. The number of pyridine rings is 1. The van der Waals surface area contributed by atoms with Crippen LogP contribution in [0.4, 0.5) is 10.1 Å². The summed E-state index contributed by atoms with van der Waals surface area (Å²) in [7, 11) is 1.84. The van der Waals surface area contributed by atoms with Gasteiger partial charge >= 0.3 is 0 Å². The zero-order chi connectivity index (χ0) is 22.8. The Kier molecular flexibility index (Phi) is 6.04. The minimum absolute atomic E-state index is 0.173. The summed E-state index contributed by atoms with van der Waals surface area (Å²) < 4.78 is 17.1. The van der Waals surface area contributed by atoms with Gasteiger partial charge in [0, 0.05) is 30.7 Å². The van der Waals surface area contributed by atoms with Gasteiger partial charge in [0.05, 0.1) is 22.3 Å². The molecular formula is C22H22FN7OS. The maximum Gasteiger partial charge on any atom is 0.237 e. The molecular weight excluding hydrogens is 429 g/mol. The third kappa shape index (κ3) is 4.26. The molecule has 3 heterocycles. The standard InChI is InChI=1S/C22H22FN7OS/c1-13-19(14(2)29(4)28-13)25-21(31)15(3)32-22-27-26-20(16-9-11-24-12-10-16)30(22)18-7-5-17(23)6-8-18/h5-12,15H,1-4H3,(H,25,31). The third-order valence-electron chi connectivity index (χ3n) is 5.07. The molecule has 4 aromatic rings. The molecule has 0 aliphatic heterocycles. The first kappa shape index (κ1) is 21.7. The molecule has 0 bridgehead atoms. The molecule has 0 radical (unpaired) electrons. The summed E-state index contributed by atoms with van der Waals surface area (Å²) in [5.41, 5.74) is 3.84. The number of hydrogen-bond donors (Lipinski definition) is 1. The van der Waals surface area contributed by atoms with Crippen LogP contribution in [-0.4, -0.2) is 40.7 Å². The Balaban J connectivity index is 1.65. The van der Waals surface area contributed by atoms with E-state index in [0.29, 0.717) is 22.4 Å². The number of aryl methyl sites for hydroxylation is 2. The van der Waals surface area contributed by atoms with Gasteiger partial charge in [-0.05, 0) is 57.2 Å². The summed E-state index contributed by atoms with van der Waals surface area (Å²) >= 11 is 1.27. The van der Waals surface area contributed by atoms with Crippen LogP contribution in [0.3, 0.4) is 0 Å². The molecule has 1 atom stereocenters. The van der Waals surface area contributed by atoms with Crippen LogP contribution in [0.1, 0.15) is 18.3 Å². The van der Waals surface area contributed by atoms with E-state index in [1.165, 1.54) is 23.9 Å². The normalized spacial score (nSPS) is 12.0. The van der Waals surface area contributed by atoms with Crippen molar-refractivity contribution in [1.29, 1.82) is 0 Å². The highest BCUT2D eigenvalue weighted by molar-refractivity contribution is 8.00. The lowest BCUT2D eigenvalue weighted by molar-refractivity contribution is -0.115. The van der Waals surface area contributed by atoms with E-state index in [9.17, 15) is 9.18 Å². The fourth-order valence-electron chi connectivity index (χ4n) is 3.25. The first-order valence-corrected chi connectivity index (χ1v) is 10.8. The zero-order valence-corrected chi connectivity index (χ0v) is 18.9. The maximum atomic E-state index is 13.5. The quantitative estimate of drug-likeness (QED) is 0.447. The largest absolute Gasteiger partial charge is 0.322 e. The van der Waals surface area contributed by atoms with Crippen molar-refractivity contribution in [2.75, 3.05) is 5.32 Å². The second-order valence-electron chi connectivity index (χ2n) is 7.27. The third-order valence-corrected chi connectivity index (χ3v) is 6.11. The summed E-state index contributed by atoms with van der Waals surface area (Å²) in [5.74, 6) is 0.0674. The number of benzene rings is 1. The van der Waals surface area contributed by atoms with E-state index in [-0.39, 0.29) is 11.7 Å². The van der Waals surface area contributed by atoms with E-state index in [1.54, 1.807) is 36.1 Å². The van der Waals surface area contributed by atoms with Crippen LogP contribution in [0.5, 0.6) is 0 Å². The number of nitrogens with zero attached hydrogens (tertiary/aromatic N) is 6. The average molecular weight is 452 g/mol. The van der Waals surface area contributed by atoms with Crippen LogP contribution in [0.2, 0.25) is 0 Å². The lowest BCUT2D eigenvalue weighted by atomic mass is 10.2. The van der Waals surface area contributed by atoms with Gasteiger partial charge in [-0.3, -0.25) is 19.0 Å². The Morgan fingerprint density at radius 3 is 2.41 bits per heavy atom. The molecule has 0 saturated heterocycles. The smallest absolute Gasteiger partial charge is 0.237 e. The van der Waals surface area contributed by atoms with E-state index in [1.807, 2.05) is 37.6 Å². The summed E-state index contributed by atoms with van der Waals surface area (Å²) in [6, 6.07) is 9.71. The lowest BCUT2D eigenvalue weighted by Gasteiger charge is -2.14. The molecule has 0 aliphatic carbocycles. The number of thioether (sulfide) groups is 1. The molecule has 0 aliphatic rings. The minimum Gasteiger partial charge on any atom is -0.322 e. The monoisotopic (exact) mass is 451 g/mol. The van der Waals surface area contributed by atoms with Crippen molar-refractivity contribution >= 4 is 23.4 Å². The van der Waals surface area contributed by atoms with Gasteiger partial charge in [0.2, 0.25) is 5.91 Å². The summed E-state index contributed by atoms with van der Waals surface area (Å²) in [6.45, 7) is 5.56. The van der Waals surface area contributed by atoms with Crippen molar-refractivity contribution in [3.8, 4) is 17.1 Å². The molecule has 0 spiro atoms. The molecule has 1 N–H and O–H groups in total. The number of nitrogens with one attached hydrogen (secondary N) is 1. The number of anilines is 1. The van der Waals surface area contributed by atoms with Gasteiger partial charge in [-0.1, -0.05) is 11.8 Å². The highest BCUT2D eigenvalue weighted by Crippen LogP contribution is 2.31. The second kappa shape index (κ2) is 8.91. The predicted molar refractivity (Wildman–Crippen MR) is 121 cm³/mol. The van der Waals surface area contributed by atoms with Crippen LogP contribution in [0, 0.1) is 19.7 Å². The van der Waals surface area contributed by atoms with E-state index in [2.05, 4.69) is 25.6 Å². The Morgan fingerprint density at radius 2 is 1.78 bits per heavy atom. The van der Waals surface area contributed by atoms with Gasteiger partial charge in [-0.25, -0.2) is 4.39 Å². The molecule has 32 heavy (non-hydrogen) atoms. The van der Waals surface area contributed by atoms with Gasteiger partial charge in [-0.15, -0.1) is 10.2 Å². The highest BCUT2D eigenvalue weighted by Gasteiger charge is 2.23. The van der Waals surface area contributed by atoms with Crippen molar-refractivity contribution < 1.29 is 9.18 Å². The number of amides is 1. The summed E-state index contributed by atoms with van der Waals surface area (Å²) in [4.78, 5) is 17.0. The number of hydrogen-bond acceptors (Lipinski definition) is 6. The van der Waals surface area contributed by atoms with Crippen molar-refractivity contribution in [2.45, 2.75) is 31.2 Å². The molecule has 8 nitrogen and oxygen atoms in total. The molecule has 4 rings (SSSR count). The zero-order valence-electron chi connectivity index (χ0n) is 18.1. The first-order chi connectivity index (χ1) is 15.3. The summed E-state index contributed by atoms with van der Waals surface area (Å²) in [6.07, 6.45) is 3.33. The SMILES string of the molecule is Cc1nn(C)c(C)c1NC(=O)C(C)Sc1nnc(-c2ccncc2)n1-c1ccc(F)cc1. The van der Waals surface area contributed by atoms with E-state index in [4.69, 9.17) is 0 Å². The molecule has 3 aromatic heterocycles. The lowest BCUT2D eigenvalue weighted by Crippen LogP contribution is -2.23. The number of aromatic nitrogens is 6. The van der Waals surface area contributed by atoms with Crippen molar-refractivity contribution in [1.82, 2.24) is 29.5 Å². The topological polar surface area (TPSA) is 90.5 Å². The van der Waals surface area contributed by atoms with Gasteiger partial charge in [0.15, 0.2) is 11.0 Å². The van der Waals surface area contributed by atoms with Crippen LogP contribution >= 0.6 is 11.8 Å². The fourth-order valence-corrected chi connectivity index (χ4v) is 4.12. The van der Waals surface area contributed by atoms with Gasteiger partial charge in [0.1, 0.15) is 5.82 Å². The van der Waals surface area contributed by atoms with Gasteiger partial charge < -0.3 is 5.32 Å². The van der Waals surface area contributed by atoms with Crippen LogP contribution in [-0.2, 0) is 11.8 Å². The number of rotatable bonds is 6. The van der Waals surface area contributed by atoms with Crippen LogP contribution < -0.4 is 5.32 Å². The van der Waals surface area contributed by atoms with Crippen molar-refractivity contribution in [3.63, 3.8) is 0 Å². The Bertz CT molecular complexity index is 1250. The number of halogens is 1. The predicted octanol–water partition coefficient (Wildman–Crippen LogP) is 3.94. The van der Waals surface area contributed by atoms with Gasteiger partial charge in [0.25, 0.3) is 0 Å². The number of carbonyl (C=O) groups is 1. The molecule has 1 amide bonds. The molecule has 0 saturated carbocycles. The van der Waals surface area contributed by atoms with E-state index >= 15 is 0 Å². The Labute approximate surface area is 188 Å². The molecule has 1 unspecified atom stereocenters. The molecule has 10 heteroatoms. The molecule has 1 aromatic carbocycles. The Hall–Kier alpha value is -3.53. The second-order valence-corrected chi connectivity index (χ2v) is 8.58. The van der Waals surface area contributed by atoms with Crippen LogP contribution in [0.15, 0.2) is 53.9 Å². The van der Waals surface area contributed by atoms with Crippen molar-refractivity contribution in [3.05, 3.63) is 66.0 Å². The maximum absolute atomic E-state index is 13.5. The van der Waals surface area contributed by atoms with Gasteiger partial charge in [-0.2, -0.15) is 5.10 Å². The fraction of sp³-hybridized carbons (Fsp3) is 0.227.